The highest BCUT2D eigenvalue weighted by Crippen LogP contribution is 2.31. The molecule has 1 amide bonds. The summed E-state index contributed by atoms with van der Waals surface area (Å²) in [5, 5.41) is 3.32. The molecule has 2 aromatic heterocycles. The quantitative estimate of drug-likeness (QED) is 0.521. The van der Waals surface area contributed by atoms with Gasteiger partial charge in [0.1, 0.15) is 11.4 Å². The van der Waals surface area contributed by atoms with Crippen LogP contribution in [0.25, 0.3) is 22.0 Å². The SMILES string of the molecule is O=C(Nc1cnccn1)c1ccc2cccc(-c3cccc(OC(F)(F)F)c3)c2n1. The van der Waals surface area contributed by atoms with Crippen LogP contribution >= 0.6 is 0 Å². The van der Waals surface area contributed by atoms with E-state index in [1.807, 2.05) is 0 Å². The van der Waals surface area contributed by atoms with Crippen LogP contribution in [0, 0.1) is 0 Å². The highest BCUT2D eigenvalue weighted by atomic mass is 19.4. The molecule has 0 atom stereocenters. The van der Waals surface area contributed by atoms with E-state index in [2.05, 4.69) is 25.0 Å². The molecule has 6 nitrogen and oxygen atoms in total. The van der Waals surface area contributed by atoms with Crippen molar-refractivity contribution in [2.24, 2.45) is 0 Å². The molecule has 4 rings (SSSR count). The first-order valence-electron chi connectivity index (χ1n) is 8.72. The number of rotatable bonds is 4. The summed E-state index contributed by atoms with van der Waals surface area (Å²) in [6, 6.07) is 14.1. The van der Waals surface area contributed by atoms with Crippen LogP contribution in [0.1, 0.15) is 10.5 Å². The van der Waals surface area contributed by atoms with Gasteiger partial charge in [-0.25, -0.2) is 9.97 Å². The number of fused-ring (bicyclic) bond motifs is 1. The van der Waals surface area contributed by atoms with E-state index in [0.29, 0.717) is 16.6 Å². The molecule has 0 spiro atoms. The number of carbonyl (C=O) groups is 1. The van der Waals surface area contributed by atoms with Gasteiger partial charge in [0.05, 0.1) is 11.7 Å². The zero-order valence-corrected chi connectivity index (χ0v) is 15.2. The molecule has 0 radical (unpaired) electrons. The summed E-state index contributed by atoms with van der Waals surface area (Å²) in [5.41, 5.74) is 1.63. The van der Waals surface area contributed by atoms with Gasteiger partial charge in [-0.3, -0.25) is 9.78 Å². The molecular weight excluding hydrogens is 397 g/mol. The lowest BCUT2D eigenvalue weighted by molar-refractivity contribution is -0.274. The standard InChI is InChI=1S/C21H13F3N4O2/c22-21(23,24)30-15-5-1-4-14(11-15)16-6-2-3-13-7-8-17(27-19(13)16)20(29)28-18-12-25-9-10-26-18/h1-12H,(H,26,28,29). The number of halogens is 3. The van der Waals surface area contributed by atoms with E-state index in [1.165, 1.54) is 36.8 Å². The largest absolute Gasteiger partial charge is 0.573 e. The van der Waals surface area contributed by atoms with Crippen LogP contribution in [-0.4, -0.2) is 27.2 Å². The van der Waals surface area contributed by atoms with E-state index in [4.69, 9.17) is 0 Å². The van der Waals surface area contributed by atoms with Gasteiger partial charge in [0, 0.05) is 23.3 Å². The lowest BCUT2D eigenvalue weighted by Crippen LogP contribution is -2.17. The van der Waals surface area contributed by atoms with Crippen LogP contribution in [0.4, 0.5) is 19.0 Å². The molecule has 30 heavy (non-hydrogen) atoms. The van der Waals surface area contributed by atoms with Crippen molar-refractivity contribution in [3.05, 3.63) is 78.9 Å². The van der Waals surface area contributed by atoms with E-state index in [-0.39, 0.29) is 17.3 Å². The fourth-order valence-electron chi connectivity index (χ4n) is 2.91. The van der Waals surface area contributed by atoms with Crippen molar-refractivity contribution in [1.29, 1.82) is 0 Å². The Morgan fingerprint density at radius 1 is 1.00 bits per heavy atom. The molecule has 9 heteroatoms. The predicted octanol–water partition coefficient (Wildman–Crippen LogP) is 4.84. The number of nitrogens with one attached hydrogen (secondary N) is 1. The molecule has 0 saturated heterocycles. The first-order chi connectivity index (χ1) is 14.4. The first kappa shape index (κ1) is 19.3. The Morgan fingerprint density at radius 3 is 2.60 bits per heavy atom. The summed E-state index contributed by atoms with van der Waals surface area (Å²) >= 11 is 0. The molecule has 2 aromatic carbocycles. The van der Waals surface area contributed by atoms with E-state index >= 15 is 0 Å². The fraction of sp³-hybridized carbons (Fsp3) is 0.0476. The zero-order chi connectivity index (χ0) is 21.1. The lowest BCUT2D eigenvalue weighted by atomic mass is 10.0. The zero-order valence-electron chi connectivity index (χ0n) is 15.2. The normalized spacial score (nSPS) is 11.3. The second-order valence-electron chi connectivity index (χ2n) is 6.19. The summed E-state index contributed by atoms with van der Waals surface area (Å²) in [6.45, 7) is 0. The van der Waals surface area contributed by atoms with Crippen molar-refractivity contribution in [3.63, 3.8) is 0 Å². The Hall–Kier alpha value is -4.01. The number of ether oxygens (including phenoxy) is 1. The number of alkyl halides is 3. The van der Waals surface area contributed by atoms with Crippen molar-refractivity contribution in [2.45, 2.75) is 6.36 Å². The molecule has 150 valence electrons. The van der Waals surface area contributed by atoms with Crippen LogP contribution in [0.2, 0.25) is 0 Å². The topological polar surface area (TPSA) is 77.0 Å². The Labute approximate surface area is 168 Å². The van der Waals surface area contributed by atoms with Crippen LogP contribution in [-0.2, 0) is 0 Å². The van der Waals surface area contributed by atoms with Crippen LogP contribution in [0.5, 0.6) is 5.75 Å². The molecular formula is C21H13F3N4O2. The Bertz CT molecular complexity index is 1210. The van der Waals surface area contributed by atoms with Gasteiger partial charge >= 0.3 is 6.36 Å². The molecule has 0 aliphatic heterocycles. The highest BCUT2D eigenvalue weighted by molar-refractivity contribution is 6.04. The molecule has 0 bridgehead atoms. The maximum Gasteiger partial charge on any atom is 0.573 e. The number of para-hydroxylation sites is 1. The van der Waals surface area contributed by atoms with Gasteiger partial charge in [-0.05, 0) is 23.8 Å². The maximum atomic E-state index is 12.6. The molecule has 0 saturated carbocycles. The minimum atomic E-state index is -4.79. The van der Waals surface area contributed by atoms with Crippen LogP contribution < -0.4 is 10.1 Å². The summed E-state index contributed by atoms with van der Waals surface area (Å²) in [5.74, 6) is -0.551. The van der Waals surface area contributed by atoms with E-state index in [0.717, 1.165) is 5.39 Å². The summed E-state index contributed by atoms with van der Waals surface area (Å²) in [4.78, 5) is 24.8. The van der Waals surface area contributed by atoms with Gasteiger partial charge in [0.25, 0.3) is 5.91 Å². The van der Waals surface area contributed by atoms with Crippen molar-refractivity contribution in [3.8, 4) is 16.9 Å². The second-order valence-corrected chi connectivity index (χ2v) is 6.19. The number of benzene rings is 2. The molecule has 1 N–H and O–H groups in total. The molecule has 0 unspecified atom stereocenters. The van der Waals surface area contributed by atoms with E-state index in [1.54, 1.807) is 36.4 Å². The Balaban J connectivity index is 1.72. The second kappa shape index (κ2) is 7.78. The lowest BCUT2D eigenvalue weighted by Gasteiger charge is -2.12. The van der Waals surface area contributed by atoms with Gasteiger partial charge in [-0.15, -0.1) is 13.2 Å². The van der Waals surface area contributed by atoms with Crippen LogP contribution in [0.3, 0.4) is 0 Å². The summed E-state index contributed by atoms with van der Waals surface area (Å²) in [7, 11) is 0. The van der Waals surface area contributed by atoms with Crippen molar-refractivity contribution in [1.82, 2.24) is 15.0 Å². The number of pyridine rings is 1. The maximum absolute atomic E-state index is 12.6. The van der Waals surface area contributed by atoms with Gasteiger partial charge in [-0.2, -0.15) is 0 Å². The molecule has 4 aromatic rings. The van der Waals surface area contributed by atoms with E-state index < -0.39 is 12.3 Å². The van der Waals surface area contributed by atoms with Crippen molar-refractivity contribution < 1.29 is 22.7 Å². The minimum Gasteiger partial charge on any atom is -0.406 e. The highest BCUT2D eigenvalue weighted by Gasteiger charge is 2.31. The van der Waals surface area contributed by atoms with Gasteiger partial charge < -0.3 is 10.1 Å². The summed E-state index contributed by atoms with van der Waals surface area (Å²) < 4.78 is 41.7. The number of anilines is 1. The van der Waals surface area contributed by atoms with Crippen molar-refractivity contribution in [2.75, 3.05) is 5.32 Å². The van der Waals surface area contributed by atoms with Crippen LogP contribution in [0.15, 0.2) is 73.2 Å². The Kier molecular flexibility index (Phi) is 5.01. The smallest absolute Gasteiger partial charge is 0.406 e. The van der Waals surface area contributed by atoms with Gasteiger partial charge in [-0.1, -0.05) is 36.4 Å². The third-order valence-corrected chi connectivity index (χ3v) is 4.14. The number of hydrogen-bond acceptors (Lipinski definition) is 5. The van der Waals surface area contributed by atoms with Gasteiger partial charge in [0.15, 0.2) is 5.82 Å². The third-order valence-electron chi connectivity index (χ3n) is 4.14. The van der Waals surface area contributed by atoms with Gasteiger partial charge in [0.2, 0.25) is 0 Å². The fourth-order valence-corrected chi connectivity index (χ4v) is 2.91. The number of nitrogens with zero attached hydrogens (tertiary/aromatic N) is 3. The average Bonchev–Trinajstić information content (AvgIpc) is 2.72. The third kappa shape index (κ3) is 4.35. The number of aromatic nitrogens is 3. The van der Waals surface area contributed by atoms with E-state index in [9.17, 15) is 18.0 Å². The summed E-state index contributed by atoms with van der Waals surface area (Å²) in [6.07, 6.45) is -0.470. The minimum absolute atomic E-state index is 0.128. The average molecular weight is 410 g/mol. The predicted molar refractivity (Wildman–Crippen MR) is 104 cm³/mol. The first-order valence-corrected chi connectivity index (χ1v) is 8.72. The molecule has 0 aliphatic rings. The molecule has 0 fully saturated rings. The number of carbonyl (C=O) groups excluding carboxylic acids is 1. The molecule has 2 heterocycles. The number of amides is 1. The number of hydrogen-bond donors (Lipinski definition) is 1. The monoisotopic (exact) mass is 410 g/mol. The van der Waals surface area contributed by atoms with Crippen molar-refractivity contribution >= 4 is 22.6 Å². The Morgan fingerprint density at radius 2 is 1.83 bits per heavy atom. The molecule has 0 aliphatic carbocycles.